The second kappa shape index (κ2) is 6.50. The molecule has 108 valence electrons. The number of benzene rings is 2. The number of ether oxygens (including phenoxy) is 1. The zero-order valence-corrected chi connectivity index (χ0v) is 13.5. The maximum atomic E-state index is 5.84. The van der Waals surface area contributed by atoms with E-state index in [9.17, 15) is 0 Å². The van der Waals surface area contributed by atoms with Crippen molar-refractivity contribution in [3.8, 4) is 5.75 Å². The topological polar surface area (TPSA) is 30.8 Å². The van der Waals surface area contributed by atoms with Gasteiger partial charge in [-0.1, -0.05) is 44.8 Å². The number of nitrogens with zero attached hydrogens (tertiary/aromatic N) is 1. The molecule has 1 unspecified atom stereocenters. The molecule has 0 N–H and O–H groups in total. The Kier molecular flexibility index (Phi) is 4.46. The molecule has 3 rings (SSSR count). The van der Waals surface area contributed by atoms with Gasteiger partial charge in [0.2, 0.25) is 0 Å². The molecular weight excluding hydrogens is 354 g/mol. The van der Waals surface area contributed by atoms with Gasteiger partial charge >= 0.3 is 0 Å². The lowest BCUT2D eigenvalue weighted by atomic mass is 10.1. The van der Waals surface area contributed by atoms with Crippen LogP contribution in [0.4, 0.5) is 0 Å². The Hall–Kier alpha value is -1.52. The van der Waals surface area contributed by atoms with Gasteiger partial charge in [0.1, 0.15) is 12.4 Å². The predicted molar refractivity (Wildman–Crippen MR) is 87.1 cm³/mol. The van der Waals surface area contributed by atoms with Crippen LogP contribution in [0.3, 0.4) is 0 Å². The number of oxime groups is 1. The predicted octanol–water partition coefficient (Wildman–Crippen LogP) is 4.67. The second-order valence-electron chi connectivity index (χ2n) is 4.74. The summed E-state index contributed by atoms with van der Waals surface area (Å²) in [6.45, 7) is 0.463. The van der Waals surface area contributed by atoms with Gasteiger partial charge in [0.15, 0.2) is 6.10 Å². The number of hydrogen-bond acceptors (Lipinski definition) is 3. The smallest absolute Gasteiger partial charge is 0.167 e. The first-order valence-corrected chi connectivity index (χ1v) is 7.75. The number of halogens is 2. The molecular formula is C16H13BrClNO2. The van der Waals surface area contributed by atoms with Gasteiger partial charge in [-0.2, -0.15) is 0 Å². The monoisotopic (exact) mass is 365 g/mol. The highest BCUT2D eigenvalue weighted by Crippen LogP contribution is 2.21. The molecule has 0 aliphatic carbocycles. The molecule has 0 amide bonds. The van der Waals surface area contributed by atoms with Crippen LogP contribution in [0.25, 0.3) is 0 Å². The van der Waals surface area contributed by atoms with E-state index >= 15 is 0 Å². The molecule has 0 aromatic heterocycles. The van der Waals surface area contributed by atoms with Gasteiger partial charge in [-0.3, -0.25) is 0 Å². The largest absolute Gasteiger partial charge is 0.490 e. The van der Waals surface area contributed by atoms with E-state index in [0.29, 0.717) is 11.6 Å². The van der Waals surface area contributed by atoms with Crippen LogP contribution in [0.15, 0.2) is 58.2 Å². The molecule has 0 saturated heterocycles. The zero-order valence-electron chi connectivity index (χ0n) is 11.1. The van der Waals surface area contributed by atoms with Crippen LogP contribution in [0, 0.1) is 0 Å². The molecule has 2 aromatic rings. The first-order valence-electron chi connectivity index (χ1n) is 6.58. The Labute approximate surface area is 136 Å². The van der Waals surface area contributed by atoms with Crippen molar-refractivity contribution in [3.05, 3.63) is 63.6 Å². The molecule has 21 heavy (non-hydrogen) atoms. The third-order valence-corrected chi connectivity index (χ3v) is 3.94. The van der Waals surface area contributed by atoms with Crippen molar-refractivity contribution >= 4 is 33.2 Å². The lowest BCUT2D eigenvalue weighted by Crippen LogP contribution is -2.18. The molecule has 1 aliphatic rings. The Morgan fingerprint density at radius 3 is 2.57 bits per heavy atom. The fourth-order valence-electron chi connectivity index (χ4n) is 2.05. The van der Waals surface area contributed by atoms with Gasteiger partial charge in [0.25, 0.3) is 0 Å². The summed E-state index contributed by atoms with van der Waals surface area (Å²) in [6.07, 6.45) is 0.689. The van der Waals surface area contributed by atoms with Crippen molar-refractivity contribution in [1.82, 2.24) is 0 Å². The van der Waals surface area contributed by atoms with Crippen molar-refractivity contribution < 1.29 is 9.57 Å². The van der Waals surface area contributed by atoms with Crippen LogP contribution in [0.1, 0.15) is 12.0 Å². The summed E-state index contributed by atoms with van der Waals surface area (Å²) in [7, 11) is 0. The first kappa shape index (κ1) is 14.4. The van der Waals surface area contributed by atoms with Crippen LogP contribution in [-0.2, 0) is 4.84 Å². The van der Waals surface area contributed by atoms with Crippen LogP contribution in [-0.4, -0.2) is 18.4 Å². The first-order chi connectivity index (χ1) is 10.2. The minimum absolute atomic E-state index is 0.0562. The van der Waals surface area contributed by atoms with E-state index < -0.39 is 0 Å². The Morgan fingerprint density at radius 2 is 1.86 bits per heavy atom. The Balaban J connectivity index is 1.54. The maximum Gasteiger partial charge on any atom is 0.167 e. The summed E-state index contributed by atoms with van der Waals surface area (Å²) < 4.78 is 6.73. The van der Waals surface area contributed by atoms with Gasteiger partial charge in [0, 0.05) is 15.9 Å². The molecule has 1 atom stereocenters. The average Bonchev–Trinajstić information content (AvgIpc) is 2.96. The van der Waals surface area contributed by atoms with Gasteiger partial charge in [0.05, 0.1) is 5.71 Å². The van der Waals surface area contributed by atoms with Crippen LogP contribution >= 0.6 is 27.5 Å². The molecule has 0 spiro atoms. The second-order valence-corrected chi connectivity index (χ2v) is 6.09. The fourth-order valence-corrected chi connectivity index (χ4v) is 2.44. The molecule has 2 aromatic carbocycles. The Bertz CT molecular complexity index is 640. The molecule has 5 heteroatoms. The number of rotatable bonds is 4. The van der Waals surface area contributed by atoms with Crippen LogP contribution < -0.4 is 4.74 Å². The van der Waals surface area contributed by atoms with Crippen LogP contribution in [0.5, 0.6) is 5.75 Å². The van der Waals surface area contributed by atoms with E-state index in [-0.39, 0.29) is 6.10 Å². The molecule has 3 nitrogen and oxygen atoms in total. The van der Waals surface area contributed by atoms with Crippen molar-refractivity contribution in [2.45, 2.75) is 12.5 Å². The summed E-state index contributed by atoms with van der Waals surface area (Å²) in [5, 5.41) is 4.84. The third kappa shape index (κ3) is 3.77. The van der Waals surface area contributed by atoms with Crippen molar-refractivity contribution in [2.75, 3.05) is 6.61 Å². The lowest BCUT2D eigenvalue weighted by molar-refractivity contribution is 0.0471. The van der Waals surface area contributed by atoms with Gasteiger partial charge < -0.3 is 9.57 Å². The minimum atomic E-state index is -0.0562. The lowest BCUT2D eigenvalue weighted by Gasteiger charge is -2.10. The SMILES string of the molecule is Clc1ccc(OCC2CC(c3ccc(Br)cc3)=NO2)cc1. The van der Waals surface area contributed by atoms with Gasteiger partial charge in [-0.05, 0) is 42.0 Å². The Morgan fingerprint density at radius 1 is 1.14 bits per heavy atom. The highest BCUT2D eigenvalue weighted by atomic mass is 79.9. The maximum absolute atomic E-state index is 5.84. The van der Waals surface area contributed by atoms with Crippen molar-refractivity contribution in [1.29, 1.82) is 0 Å². The highest BCUT2D eigenvalue weighted by Gasteiger charge is 2.22. The van der Waals surface area contributed by atoms with E-state index in [1.165, 1.54) is 0 Å². The molecule has 0 radical (unpaired) electrons. The normalized spacial score (nSPS) is 17.2. The molecule has 0 bridgehead atoms. The standard InChI is InChI=1S/C16H13BrClNO2/c17-12-3-1-11(2-4-12)16-9-15(21-19-16)10-20-14-7-5-13(18)6-8-14/h1-8,15H,9-10H2. The van der Waals surface area contributed by atoms with E-state index in [0.717, 1.165) is 27.9 Å². The fraction of sp³-hybridized carbons (Fsp3) is 0.188. The van der Waals surface area contributed by atoms with Gasteiger partial charge in [-0.25, -0.2) is 0 Å². The van der Waals surface area contributed by atoms with Crippen molar-refractivity contribution in [2.24, 2.45) is 5.16 Å². The summed E-state index contributed by atoms with van der Waals surface area (Å²) in [6, 6.07) is 15.3. The van der Waals surface area contributed by atoms with E-state index in [1.54, 1.807) is 12.1 Å². The summed E-state index contributed by atoms with van der Waals surface area (Å²) in [5.41, 5.74) is 2.03. The zero-order chi connectivity index (χ0) is 14.7. The quantitative estimate of drug-likeness (QED) is 0.787. The van der Waals surface area contributed by atoms with Gasteiger partial charge in [-0.15, -0.1) is 0 Å². The molecule has 0 saturated carbocycles. The van der Waals surface area contributed by atoms with Crippen molar-refractivity contribution in [3.63, 3.8) is 0 Å². The van der Waals surface area contributed by atoms with E-state index in [2.05, 4.69) is 21.1 Å². The number of hydrogen-bond donors (Lipinski definition) is 0. The highest BCUT2D eigenvalue weighted by molar-refractivity contribution is 9.10. The molecule has 0 fully saturated rings. The average molecular weight is 367 g/mol. The third-order valence-electron chi connectivity index (χ3n) is 3.16. The molecule has 1 heterocycles. The summed E-state index contributed by atoms with van der Waals surface area (Å²) in [5.74, 6) is 0.778. The minimum Gasteiger partial charge on any atom is -0.490 e. The van der Waals surface area contributed by atoms with E-state index in [1.807, 2.05) is 36.4 Å². The summed E-state index contributed by atoms with van der Waals surface area (Å²) >= 11 is 9.26. The summed E-state index contributed by atoms with van der Waals surface area (Å²) in [4.78, 5) is 5.42. The van der Waals surface area contributed by atoms with Crippen LogP contribution in [0.2, 0.25) is 5.02 Å². The van der Waals surface area contributed by atoms with E-state index in [4.69, 9.17) is 21.2 Å². The molecule has 1 aliphatic heterocycles.